The predicted octanol–water partition coefficient (Wildman–Crippen LogP) is 5.26. The van der Waals surface area contributed by atoms with Gasteiger partial charge in [-0.25, -0.2) is 9.18 Å². The smallest absolute Gasteiger partial charge is 0.407 e. The van der Waals surface area contributed by atoms with Crippen molar-refractivity contribution in [3.8, 4) is 0 Å². The summed E-state index contributed by atoms with van der Waals surface area (Å²) in [4.78, 5) is 13.1. The number of amides is 1. The third-order valence-electron chi connectivity index (χ3n) is 5.04. The molecule has 1 heterocycles. The van der Waals surface area contributed by atoms with Crippen LogP contribution >= 0.6 is 11.6 Å². The third kappa shape index (κ3) is 2.99. The molecule has 25 heavy (non-hydrogen) atoms. The van der Waals surface area contributed by atoms with E-state index in [1.165, 1.54) is 11.0 Å². The fourth-order valence-corrected chi connectivity index (χ4v) is 4.20. The van der Waals surface area contributed by atoms with Crippen molar-refractivity contribution in [2.45, 2.75) is 58.5 Å². The van der Waals surface area contributed by atoms with Gasteiger partial charge in [0, 0.05) is 29.2 Å². The highest BCUT2D eigenvalue weighted by Crippen LogP contribution is 2.40. The number of halogens is 2. The summed E-state index contributed by atoms with van der Waals surface area (Å²) < 4.78 is 16.1. The molecule has 6 heteroatoms. The molecule has 1 atom stereocenters. The Labute approximate surface area is 152 Å². The zero-order chi connectivity index (χ0) is 18.5. The molecular weight excluding hydrogens is 343 g/mol. The third-order valence-corrected chi connectivity index (χ3v) is 5.41. The normalized spacial score (nSPS) is 15.4. The molecular formula is C19H24ClFN2O2. The summed E-state index contributed by atoms with van der Waals surface area (Å²) in [7, 11) is 0. The lowest BCUT2D eigenvalue weighted by molar-refractivity contribution is 0.0917. The maximum atomic E-state index is 14.0. The maximum absolute atomic E-state index is 14.0. The first-order chi connectivity index (χ1) is 11.6. The Kier molecular flexibility index (Phi) is 4.48. The molecule has 0 spiro atoms. The minimum Gasteiger partial charge on any atom is -0.465 e. The Hall–Kier alpha value is -1.75. The number of fused-ring (bicyclic) bond motifs is 3. The first-order valence-electron chi connectivity index (χ1n) is 8.63. The molecule has 0 saturated carbocycles. The number of carbonyl (C=O) groups is 1. The van der Waals surface area contributed by atoms with Crippen molar-refractivity contribution in [1.29, 1.82) is 0 Å². The molecule has 136 valence electrons. The highest BCUT2D eigenvalue weighted by Gasteiger charge is 2.31. The number of rotatable bonds is 3. The Bertz CT molecular complexity index is 838. The van der Waals surface area contributed by atoms with E-state index >= 15 is 0 Å². The summed E-state index contributed by atoms with van der Waals surface area (Å²) in [6.07, 6.45) is 1.88. The van der Waals surface area contributed by atoms with Gasteiger partial charge in [0.05, 0.1) is 10.5 Å². The maximum Gasteiger partial charge on any atom is 0.407 e. The standard InChI is InChI=1S/C19H24ClFN2O2/c1-11(10-22(18(24)25)19(2,3)4)23-14-7-5-6-12(14)16-15(23)9-8-13(21)17(16)20/h8-9,11H,5-7,10H2,1-4H3,(H,24,25). The van der Waals surface area contributed by atoms with E-state index in [9.17, 15) is 14.3 Å². The predicted molar refractivity (Wildman–Crippen MR) is 98.1 cm³/mol. The van der Waals surface area contributed by atoms with E-state index in [2.05, 4.69) is 4.57 Å². The number of hydrogen-bond acceptors (Lipinski definition) is 1. The lowest BCUT2D eigenvalue weighted by Gasteiger charge is -2.36. The van der Waals surface area contributed by atoms with Crippen LogP contribution in [0.5, 0.6) is 0 Å². The van der Waals surface area contributed by atoms with Gasteiger partial charge in [-0.1, -0.05) is 11.6 Å². The average molecular weight is 367 g/mol. The van der Waals surface area contributed by atoms with Crippen LogP contribution in [0.25, 0.3) is 10.9 Å². The Balaban J connectivity index is 2.10. The summed E-state index contributed by atoms with van der Waals surface area (Å²) in [5, 5.41) is 10.6. The second-order valence-corrected chi connectivity index (χ2v) is 8.20. The zero-order valence-electron chi connectivity index (χ0n) is 15.1. The van der Waals surface area contributed by atoms with Crippen LogP contribution < -0.4 is 0 Å². The van der Waals surface area contributed by atoms with Crippen molar-refractivity contribution in [3.63, 3.8) is 0 Å². The van der Waals surface area contributed by atoms with E-state index in [0.717, 1.165) is 41.4 Å². The van der Waals surface area contributed by atoms with Crippen molar-refractivity contribution < 1.29 is 14.3 Å². The fourth-order valence-electron chi connectivity index (χ4n) is 3.92. The van der Waals surface area contributed by atoms with Gasteiger partial charge in [-0.2, -0.15) is 0 Å². The van der Waals surface area contributed by atoms with Gasteiger partial charge in [0.1, 0.15) is 5.82 Å². The quantitative estimate of drug-likeness (QED) is 0.805. The van der Waals surface area contributed by atoms with Crippen molar-refractivity contribution >= 4 is 28.6 Å². The molecule has 1 aliphatic rings. The van der Waals surface area contributed by atoms with Crippen molar-refractivity contribution in [2.75, 3.05) is 6.54 Å². The van der Waals surface area contributed by atoms with Crippen molar-refractivity contribution in [2.24, 2.45) is 0 Å². The Morgan fingerprint density at radius 2 is 2.08 bits per heavy atom. The first kappa shape index (κ1) is 18.1. The van der Waals surface area contributed by atoms with E-state index in [1.807, 2.05) is 27.7 Å². The van der Waals surface area contributed by atoms with E-state index in [1.54, 1.807) is 6.07 Å². The topological polar surface area (TPSA) is 45.5 Å². The van der Waals surface area contributed by atoms with Crippen LogP contribution in [-0.4, -0.2) is 32.8 Å². The lowest BCUT2D eigenvalue weighted by atomic mass is 10.1. The second-order valence-electron chi connectivity index (χ2n) is 7.82. The number of nitrogens with zero attached hydrogens (tertiary/aromatic N) is 2. The SMILES string of the molecule is CC(CN(C(=O)O)C(C)(C)C)n1c2c(c3c(Cl)c(F)ccc31)CCC2. The highest BCUT2D eigenvalue weighted by molar-refractivity contribution is 6.36. The number of aryl methyl sites for hydroxylation is 1. The van der Waals surface area contributed by atoms with Crippen LogP contribution in [0.15, 0.2) is 12.1 Å². The minimum atomic E-state index is -0.934. The highest BCUT2D eigenvalue weighted by atomic mass is 35.5. The fraction of sp³-hybridized carbons (Fsp3) is 0.526. The molecule has 0 aliphatic heterocycles. The van der Waals surface area contributed by atoms with E-state index < -0.39 is 17.4 Å². The number of aromatic nitrogens is 1. The summed E-state index contributed by atoms with van der Waals surface area (Å²) in [6, 6.07) is 3.08. The zero-order valence-corrected chi connectivity index (χ0v) is 15.8. The molecule has 1 amide bonds. The van der Waals surface area contributed by atoms with Gasteiger partial charge in [0.15, 0.2) is 0 Å². The molecule has 4 nitrogen and oxygen atoms in total. The minimum absolute atomic E-state index is 0.0683. The Morgan fingerprint density at radius 3 is 2.68 bits per heavy atom. The number of benzene rings is 1. The van der Waals surface area contributed by atoms with Crippen LogP contribution in [0, 0.1) is 5.82 Å². The van der Waals surface area contributed by atoms with Crippen molar-refractivity contribution in [3.05, 3.63) is 34.2 Å². The second kappa shape index (κ2) is 6.20. The lowest BCUT2D eigenvalue weighted by Crippen LogP contribution is -2.47. The Morgan fingerprint density at radius 1 is 1.40 bits per heavy atom. The van der Waals surface area contributed by atoms with Gasteiger partial charge in [0.2, 0.25) is 0 Å². The number of hydrogen-bond donors (Lipinski definition) is 1. The number of carboxylic acid groups (broad SMARTS) is 1. The van der Waals surface area contributed by atoms with Crippen molar-refractivity contribution in [1.82, 2.24) is 9.47 Å². The molecule has 2 aromatic rings. The van der Waals surface area contributed by atoms with Crippen LogP contribution in [0.4, 0.5) is 9.18 Å². The van der Waals surface area contributed by atoms with Crippen LogP contribution in [0.1, 0.15) is 51.4 Å². The van der Waals surface area contributed by atoms with Gasteiger partial charge in [-0.3, -0.25) is 0 Å². The van der Waals surface area contributed by atoms with Gasteiger partial charge in [-0.05, 0) is 64.7 Å². The first-order valence-corrected chi connectivity index (χ1v) is 9.01. The van der Waals surface area contributed by atoms with Gasteiger partial charge in [-0.15, -0.1) is 0 Å². The molecule has 0 saturated heterocycles. The molecule has 0 fully saturated rings. The summed E-state index contributed by atoms with van der Waals surface area (Å²) in [6.45, 7) is 8.04. The largest absolute Gasteiger partial charge is 0.465 e. The molecule has 1 aliphatic carbocycles. The molecule has 1 aromatic heterocycles. The van der Waals surface area contributed by atoms with Crippen LogP contribution in [0.3, 0.4) is 0 Å². The molecule has 0 radical (unpaired) electrons. The molecule has 0 bridgehead atoms. The van der Waals surface area contributed by atoms with E-state index in [-0.39, 0.29) is 11.1 Å². The summed E-state index contributed by atoms with van der Waals surface area (Å²) >= 11 is 6.26. The molecule has 1 N–H and O–H groups in total. The average Bonchev–Trinajstić information content (AvgIpc) is 3.06. The van der Waals surface area contributed by atoms with Gasteiger partial charge >= 0.3 is 6.09 Å². The monoisotopic (exact) mass is 366 g/mol. The van der Waals surface area contributed by atoms with Crippen LogP contribution in [0.2, 0.25) is 5.02 Å². The van der Waals surface area contributed by atoms with Gasteiger partial charge < -0.3 is 14.6 Å². The van der Waals surface area contributed by atoms with Crippen LogP contribution in [-0.2, 0) is 12.8 Å². The summed E-state index contributed by atoms with van der Waals surface area (Å²) in [5.74, 6) is -0.407. The molecule has 1 aromatic carbocycles. The van der Waals surface area contributed by atoms with E-state index in [0.29, 0.717) is 6.54 Å². The molecule has 3 rings (SSSR count). The molecule has 1 unspecified atom stereocenters. The van der Waals surface area contributed by atoms with E-state index in [4.69, 9.17) is 11.6 Å². The summed E-state index contributed by atoms with van der Waals surface area (Å²) in [5.41, 5.74) is 2.68. The van der Waals surface area contributed by atoms with Gasteiger partial charge in [0.25, 0.3) is 0 Å².